The highest BCUT2D eigenvalue weighted by Gasteiger charge is 2.31. The molecule has 0 saturated carbocycles. The fraction of sp³-hybridized carbons (Fsp3) is 0.273. The molecule has 0 fully saturated rings. The molecule has 110 valence electrons. The molecule has 5 nitrogen and oxygen atoms in total. The van der Waals surface area contributed by atoms with Crippen LogP contribution in [0.25, 0.3) is 0 Å². The fourth-order valence-electron chi connectivity index (χ4n) is 1.23. The van der Waals surface area contributed by atoms with E-state index in [1.165, 1.54) is 0 Å². The van der Waals surface area contributed by atoms with Gasteiger partial charge in [0.1, 0.15) is 0 Å². The number of rotatable bonds is 3. The van der Waals surface area contributed by atoms with Crippen molar-refractivity contribution in [1.82, 2.24) is 5.32 Å². The minimum absolute atomic E-state index is 0.138. The third kappa shape index (κ3) is 4.39. The zero-order valence-corrected chi connectivity index (χ0v) is 10.7. The van der Waals surface area contributed by atoms with Gasteiger partial charge in [0.15, 0.2) is 0 Å². The van der Waals surface area contributed by atoms with E-state index < -0.39 is 23.6 Å². The minimum Gasteiger partial charge on any atom is -0.395 e. The van der Waals surface area contributed by atoms with Gasteiger partial charge in [-0.15, -0.1) is 0 Å². The lowest BCUT2D eigenvalue weighted by molar-refractivity contribution is -0.137. The van der Waals surface area contributed by atoms with E-state index in [0.717, 1.165) is 12.1 Å². The summed E-state index contributed by atoms with van der Waals surface area (Å²) in [6, 6.07) is 2.34. The van der Waals surface area contributed by atoms with E-state index >= 15 is 0 Å². The summed E-state index contributed by atoms with van der Waals surface area (Å²) in [6.45, 7) is -0.522. The van der Waals surface area contributed by atoms with Crippen LogP contribution < -0.4 is 10.6 Å². The van der Waals surface area contributed by atoms with Gasteiger partial charge in [-0.05, 0) is 18.2 Å². The molecule has 0 aromatic heterocycles. The van der Waals surface area contributed by atoms with Crippen LogP contribution >= 0.6 is 11.6 Å². The molecule has 0 aliphatic rings. The second-order valence-electron chi connectivity index (χ2n) is 3.63. The topological polar surface area (TPSA) is 78.4 Å². The molecule has 0 radical (unpaired) electrons. The third-order valence-corrected chi connectivity index (χ3v) is 2.48. The number of alkyl halides is 3. The van der Waals surface area contributed by atoms with Crippen LogP contribution in [0.1, 0.15) is 5.56 Å². The highest BCUT2D eigenvalue weighted by Crippen LogP contribution is 2.33. The standard InChI is InChI=1S/C11H10ClF3N2O3/c12-7-2-1-6(11(13,14)15)5-8(7)17-10(20)9(19)16-3-4-18/h1-2,5,18H,3-4H2,(H,16,19)(H,17,20). The fourth-order valence-corrected chi connectivity index (χ4v) is 1.39. The van der Waals surface area contributed by atoms with E-state index in [4.69, 9.17) is 16.7 Å². The first-order valence-electron chi connectivity index (χ1n) is 5.32. The van der Waals surface area contributed by atoms with Crippen LogP contribution in [0, 0.1) is 0 Å². The Hall–Kier alpha value is -1.80. The van der Waals surface area contributed by atoms with Gasteiger partial charge in [-0.3, -0.25) is 9.59 Å². The second-order valence-corrected chi connectivity index (χ2v) is 4.03. The molecule has 0 heterocycles. The molecule has 1 rings (SSSR count). The molecule has 0 aliphatic carbocycles. The number of halogens is 4. The van der Waals surface area contributed by atoms with Gasteiger partial charge in [-0.2, -0.15) is 13.2 Å². The van der Waals surface area contributed by atoms with Crippen LogP contribution in [-0.2, 0) is 15.8 Å². The van der Waals surface area contributed by atoms with Crippen LogP contribution in [0.5, 0.6) is 0 Å². The van der Waals surface area contributed by atoms with E-state index in [1.54, 1.807) is 0 Å². The highest BCUT2D eigenvalue weighted by atomic mass is 35.5. The Balaban J connectivity index is 2.86. The summed E-state index contributed by atoms with van der Waals surface area (Å²) in [4.78, 5) is 22.6. The molecule has 3 N–H and O–H groups in total. The average Bonchev–Trinajstić information content (AvgIpc) is 2.37. The molecule has 0 unspecified atom stereocenters. The van der Waals surface area contributed by atoms with E-state index in [-0.39, 0.29) is 23.9 Å². The number of carbonyl (C=O) groups is 2. The van der Waals surface area contributed by atoms with Crippen LogP contribution in [0.3, 0.4) is 0 Å². The predicted octanol–water partition coefficient (Wildman–Crippen LogP) is 1.41. The van der Waals surface area contributed by atoms with E-state index in [9.17, 15) is 22.8 Å². The number of hydrogen-bond acceptors (Lipinski definition) is 3. The van der Waals surface area contributed by atoms with E-state index in [0.29, 0.717) is 6.07 Å². The first-order valence-corrected chi connectivity index (χ1v) is 5.70. The van der Waals surface area contributed by atoms with Gasteiger partial charge in [-0.1, -0.05) is 11.6 Å². The van der Waals surface area contributed by atoms with Crippen molar-refractivity contribution >= 4 is 29.1 Å². The molecule has 0 spiro atoms. The van der Waals surface area contributed by atoms with Gasteiger partial charge < -0.3 is 15.7 Å². The van der Waals surface area contributed by atoms with Gasteiger partial charge >= 0.3 is 18.0 Å². The molecular formula is C11H10ClF3N2O3. The quantitative estimate of drug-likeness (QED) is 0.739. The number of amides is 2. The smallest absolute Gasteiger partial charge is 0.395 e. The van der Waals surface area contributed by atoms with Crippen molar-refractivity contribution in [3.8, 4) is 0 Å². The summed E-state index contributed by atoms with van der Waals surface area (Å²) in [5.74, 6) is -2.27. The van der Waals surface area contributed by atoms with Crippen molar-refractivity contribution in [2.75, 3.05) is 18.5 Å². The van der Waals surface area contributed by atoms with Gasteiger partial charge in [0.25, 0.3) is 0 Å². The molecule has 0 bridgehead atoms. The van der Waals surface area contributed by atoms with Crippen LogP contribution in [0.15, 0.2) is 18.2 Å². The first-order chi connectivity index (χ1) is 9.25. The number of benzene rings is 1. The van der Waals surface area contributed by atoms with Crippen molar-refractivity contribution in [2.45, 2.75) is 6.18 Å². The van der Waals surface area contributed by atoms with Crippen molar-refractivity contribution in [3.05, 3.63) is 28.8 Å². The van der Waals surface area contributed by atoms with Crippen LogP contribution in [-0.4, -0.2) is 30.1 Å². The van der Waals surface area contributed by atoms with Crippen LogP contribution in [0.2, 0.25) is 5.02 Å². The number of nitrogens with one attached hydrogen (secondary N) is 2. The summed E-state index contributed by atoms with van der Waals surface area (Å²) < 4.78 is 37.5. The maximum absolute atomic E-state index is 12.5. The molecule has 20 heavy (non-hydrogen) atoms. The Morgan fingerprint density at radius 2 is 1.90 bits per heavy atom. The number of anilines is 1. The lowest BCUT2D eigenvalue weighted by Crippen LogP contribution is -2.36. The molecule has 1 aromatic rings. The summed E-state index contributed by atoms with van der Waals surface area (Å²) in [5, 5.41) is 12.3. The minimum atomic E-state index is -4.59. The normalized spacial score (nSPS) is 11.1. The van der Waals surface area contributed by atoms with Crippen molar-refractivity contribution in [3.63, 3.8) is 0 Å². The van der Waals surface area contributed by atoms with Crippen LogP contribution in [0.4, 0.5) is 18.9 Å². The lowest BCUT2D eigenvalue weighted by atomic mass is 10.2. The summed E-state index contributed by atoms with van der Waals surface area (Å²) in [7, 11) is 0. The molecule has 1 aromatic carbocycles. The van der Waals surface area contributed by atoms with Gasteiger partial charge in [-0.25, -0.2) is 0 Å². The predicted molar refractivity (Wildman–Crippen MR) is 65.2 cm³/mol. The van der Waals surface area contributed by atoms with Gasteiger partial charge in [0, 0.05) is 6.54 Å². The zero-order valence-electron chi connectivity index (χ0n) is 9.92. The summed E-state index contributed by atoms with van der Waals surface area (Å²) >= 11 is 5.65. The van der Waals surface area contributed by atoms with E-state index in [2.05, 4.69) is 5.32 Å². The lowest BCUT2D eigenvalue weighted by Gasteiger charge is -2.11. The number of aliphatic hydroxyl groups excluding tert-OH is 1. The SMILES string of the molecule is O=C(NCCO)C(=O)Nc1cc(C(F)(F)F)ccc1Cl. The largest absolute Gasteiger partial charge is 0.416 e. The second kappa shape index (κ2) is 6.58. The summed E-state index contributed by atoms with van der Waals surface area (Å²) in [6.07, 6.45) is -4.59. The maximum Gasteiger partial charge on any atom is 0.416 e. The summed E-state index contributed by atoms with van der Waals surface area (Å²) in [5.41, 5.74) is -1.33. The molecule has 0 atom stereocenters. The maximum atomic E-state index is 12.5. The highest BCUT2D eigenvalue weighted by molar-refractivity contribution is 6.41. The zero-order chi connectivity index (χ0) is 15.3. The molecule has 0 aliphatic heterocycles. The van der Waals surface area contributed by atoms with E-state index in [1.807, 2.05) is 5.32 Å². The number of carbonyl (C=O) groups excluding carboxylic acids is 2. The molecule has 2 amide bonds. The third-order valence-electron chi connectivity index (χ3n) is 2.15. The Labute approximate surface area is 116 Å². The number of hydrogen-bond donors (Lipinski definition) is 3. The molecule has 9 heteroatoms. The average molecular weight is 311 g/mol. The Morgan fingerprint density at radius 3 is 2.45 bits per heavy atom. The Bertz CT molecular complexity index is 520. The Morgan fingerprint density at radius 1 is 1.25 bits per heavy atom. The molecular weight excluding hydrogens is 301 g/mol. The van der Waals surface area contributed by atoms with Gasteiger partial charge in [0.2, 0.25) is 0 Å². The number of aliphatic hydroxyl groups is 1. The van der Waals surface area contributed by atoms with Crippen molar-refractivity contribution in [1.29, 1.82) is 0 Å². The van der Waals surface area contributed by atoms with Gasteiger partial charge in [0.05, 0.1) is 22.9 Å². The van der Waals surface area contributed by atoms with Crippen molar-refractivity contribution in [2.24, 2.45) is 0 Å². The Kier molecular flexibility index (Phi) is 5.34. The van der Waals surface area contributed by atoms with Crippen molar-refractivity contribution < 1.29 is 27.9 Å². The first kappa shape index (κ1) is 16.3. The monoisotopic (exact) mass is 310 g/mol. The molecule has 0 saturated heterocycles.